The van der Waals surface area contributed by atoms with Gasteiger partial charge in [-0.05, 0) is 34.4 Å². The van der Waals surface area contributed by atoms with E-state index in [1.807, 2.05) is 0 Å². The van der Waals surface area contributed by atoms with E-state index in [1.165, 1.54) is 48.6 Å². The van der Waals surface area contributed by atoms with E-state index in [1.54, 1.807) is 0 Å². The highest BCUT2D eigenvalue weighted by Gasteiger charge is 2.34. The van der Waals surface area contributed by atoms with Gasteiger partial charge < -0.3 is 10.2 Å². The summed E-state index contributed by atoms with van der Waals surface area (Å²) in [5, 5.41) is 67.0. The molecule has 0 spiro atoms. The summed E-state index contributed by atoms with van der Waals surface area (Å²) < 4.78 is 0. The second-order valence-corrected chi connectivity index (χ2v) is 11.2. The van der Waals surface area contributed by atoms with Crippen molar-refractivity contribution in [2.24, 2.45) is 0 Å². The van der Waals surface area contributed by atoms with Gasteiger partial charge in [0.05, 0.1) is 19.7 Å². The molecule has 0 saturated carbocycles. The molecule has 16 nitrogen and oxygen atoms in total. The van der Waals surface area contributed by atoms with Crippen LogP contribution in [0.3, 0.4) is 0 Å². The summed E-state index contributed by atoms with van der Waals surface area (Å²) in [6, 6.07) is 14.3. The minimum atomic E-state index is -1.69. The largest absolute Gasteiger partial charge is 0.477 e. The molecule has 0 aliphatic rings. The van der Waals surface area contributed by atoms with Gasteiger partial charge in [-0.25, -0.2) is 9.59 Å². The van der Waals surface area contributed by atoms with Crippen molar-refractivity contribution in [1.82, 2.24) is 0 Å². The van der Waals surface area contributed by atoms with Gasteiger partial charge in [0.2, 0.25) is 0 Å². The fourth-order valence-corrected chi connectivity index (χ4v) is 6.48. The van der Waals surface area contributed by atoms with Crippen molar-refractivity contribution in [2.45, 2.75) is 21.6 Å². The molecule has 49 heavy (non-hydrogen) atoms. The standard InChI is InChI=1S/C32H22N4O12S/c1-3-21(17-5-9-19(10-6-17)33(41)42)27-25(15-13-23(35(45)46)29(27)31(37)38)49-26-16-14-24(36(47)48)30(32(39)40)28(26)22(4-2)18-7-11-20(12-8-18)34(43)44/h3-16,21-22H,1-2H2,(H,37,38)(H,39,40). The van der Waals surface area contributed by atoms with Crippen molar-refractivity contribution in [3.63, 3.8) is 0 Å². The van der Waals surface area contributed by atoms with Crippen molar-refractivity contribution in [3.05, 3.63) is 172 Å². The number of hydrogen-bond donors (Lipinski definition) is 2. The number of non-ortho nitro benzene ring substituents is 2. The van der Waals surface area contributed by atoms with E-state index < -0.39 is 66.0 Å². The van der Waals surface area contributed by atoms with Crippen LogP contribution in [-0.4, -0.2) is 41.8 Å². The Hall–Kier alpha value is -6.75. The highest BCUT2D eigenvalue weighted by atomic mass is 32.2. The molecule has 4 aromatic rings. The van der Waals surface area contributed by atoms with Gasteiger partial charge in [-0.3, -0.25) is 40.5 Å². The first kappa shape index (κ1) is 35.1. The van der Waals surface area contributed by atoms with Crippen molar-refractivity contribution >= 4 is 46.5 Å². The van der Waals surface area contributed by atoms with E-state index in [4.69, 9.17) is 0 Å². The summed E-state index contributed by atoms with van der Waals surface area (Å²) >= 11 is 0.754. The number of benzene rings is 4. The number of nitro groups is 4. The molecule has 4 aromatic carbocycles. The van der Waals surface area contributed by atoms with Crippen LogP contribution in [0.15, 0.2) is 108 Å². The molecule has 17 heteroatoms. The third kappa shape index (κ3) is 7.00. The van der Waals surface area contributed by atoms with Crippen molar-refractivity contribution in [3.8, 4) is 0 Å². The maximum Gasteiger partial charge on any atom is 0.343 e. The van der Waals surface area contributed by atoms with Crippen LogP contribution in [0.25, 0.3) is 0 Å². The number of hydrogen-bond acceptors (Lipinski definition) is 11. The third-order valence-corrected chi connectivity index (χ3v) is 8.58. The summed E-state index contributed by atoms with van der Waals surface area (Å²) in [4.78, 5) is 68.8. The predicted molar refractivity (Wildman–Crippen MR) is 175 cm³/mol. The van der Waals surface area contributed by atoms with Gasteiger partial charge in [0.25, 0.3) is 22.7 Å². The Morgan fingerprint density at radius 1 is 0.571 bits per heavy atom. The number of aromatic carboxylic acids is 2. The van der Waals surface area contributed by atoms with Crippen LogP contribution in [0.2, 0.25) is 0 Å². The molecule has 0 fully saturated rings. The summed E-state index contributed by atoms with van der Waals surface area (Å²) in [6.45, 7) is 7.52. The number of allylic oxidation sites excluding steroid dienone is 2. The topological polar surface area (TPSA) is 247 Å². The average Bonchev–Trinajstić information content (AvgIpc) is 3.06. The lowest BCUT2D eigenvalue weighted by atomic mass is 9.87. The smallest absolute Gasteiger partial charge is 0.343 e. The van der Waals surface area contributed by atoms with Crippen molar-refractivity contribution in [2.75, 3.05) is 0 Å². The molecule has 4 rings (SSSR count). The number of rotatable bonds is 14. The minimum Gasteiger partial charge on any atom is -0.477 e. The Morgan fingerprint density at radius 3 is 1.14 bits per heavy atom. The fraction of sp³-hybridized carbons (Fsp3) is 0.0625. The van der Waals surface area contributed by atoms with Crippen LogP contribution in [0.1, 0.15) is 54.8 Å². The molecular weight excluding hydrogens is 664 g/mol. The van der Waals surface area contributed by atoms with E-state index in [9.17, 15) is 60.3 Å². The van der Waals surface area contributed by atoms with Gasteiger partial charge in [-0.15, -0.1) is 13.2 Å². The number of carboxylic acid groups (broad SMARTS) is 2. The molecule has 0 radical (unpaired) electrons. The van der Waals surface area contributed by atoms with Crippen LogP contribution in [0, 0.1) is 40.5 Å². The number of nitrogens with zero attached hydrogens (tertiary/aromatic N) is 4. The van der Waals surface area contributed by atoms with Gasteiger partial charge in [0.1, 0.15) is 11.1 Å². The van der Waals surface area contributed by atoms with Crippen molar-refractivity contribution < 1.29 is 39.5 Å². The maximum absolute atomic E-state index is 12.6. The van der Waals surface area contributed by atoms with Gasteiger partial charge in [-0.2, -0.15) is 0 Å². The van der Waals surface area contributed by atoms with Gasteiger partial charge in [0.15, 0.2) is 0 Å². The quantitative estimate of drug-likeness (QED) is 0.0741. The fourth-order valence-electron chi connectivity index (χ4n) is 5.29. The second kappa shape index (κ2) is 14.3. The number of carbonyl (C=O) groups is 2. The molecule has 2 N–H and O–H groups in total. The molecule has 248 valence electrons. The van der Waals surface area contributed by atoms with Gasteiger partial charge in [-0.1, -0.05) is 48.2 Å². The summed E-state index contributed by atoms with van der Waals surface area (Å²) in [6.07, 6.45) is 2.55. The zero-order chi connectivity index (χ0) is 36.2. The average molecular weight is 687 g/mol. The number of nitro benzene ring substituents is 4. The zero-order valence-electron chi connectivity index (χ0n) is 24.8. The maximum atomic E-state index is 12.6. The molecular formula is C32H22N4O12S. The summed E-state index contributed by atoms with van der Waals surface area (Å²) in [5.41, 5.74) is -3.40. The van der Waals surface area contributed by atoms with Gasteiger partial charge in [0, 0.05) is 58.0 Å². The Labute approximate surface area is 279 Å². The highest BCUT2D eigenvalue weighted by molar-refractivity contribution is 7.99. The molecule has 2 atom stereocenters. The summed E-state index contributed by atoms with van der Waals surface area (Å²) in [5.74, 6) is -5.61. The SMILES string of the molecule is C=CC(c1ccc([N+](=O)[O-])cc1)c1c(Sc2ccc([N+](=O)[O-])c(C(=O)O)c2C(C=C)c2ccc([N+](=O)[O-])cc2)ccc([N+](=O)[O-])c1C(=O)O. The zero-order valence-corrected chi connectivity index (χ0v) is 25.6. The van der Waals surface area contributed by atoms with Crippen LogP contribution in [0.5, 0.6) is 0 Å². The molecule has 0 saturated heterocycles. The first-order valence-electron chi connectivity index (χ1n) is 13.7. The highest BCUT2D eigenvalue weighted by Crippen LogP contribution is 2.47. The summed E-state index contributed by atoms with van der Waals surface area (Å²) in [7, 11) is 0. The molecule has 0 aromatic heterocycles. The first-order valence-corrected chi connectivity index (χ1v) is 14.5. The lowest BCUT2D eigenvalue weighted by molar-refractivity contribution is -0.385. The molecule has 0 amide bonds. The molecule has 0 heterocycles. The van der Waals surface area contributed by atoms with Crippen LogP contribution < -0.4 is 0 Å². The Morgan fingerprint density at radius 2 is 0.898 bits per heavy atom. The minimum absolute atomic E-state index is 0.0456. The molecule has 0 aliphatic heterocycles. The molecule has 2 unspecified atom stereocenters. The van der Waals surface area contributed by atoms with E-state index in [2.05, 4.69) is 13.2 Å². The normalized spacial score (nSPS) is 11.9. The van der Waals surface area contributed by atoms with E-state index in [0.29, 0.717) is 0 Å². The molecule has 0 bridgehead atoms. The lowest BCUT2D eigenvalue weighted by Gasteiger charge is -2.23. The van der Waals surface area contributed by atoms with Crippen LogP contribution >= 0.6 is 11.8 Å². The van der Waals surface area contributed by atoms with Crippen LogP contribution in [-0.2, 0) is 0 Å². The monoisotopic (exact) mass is 686 g/mol. The van der Waals surface area contributed by atoms with Gasteiger partial charge >= 0.3 is 11.9 Å². The predicted octanol–water partition coefficient (Wildman–Crippen LogP) is 7.50. The van der Waals surface area contributed by atoms with Crippen LogP contribution in [0.4, 0.5) is 22.7 Å². The first-order chi connectivity index (χ1) is 23.2. The Kier molecular flexibility index (Phi) is 10.3. The van der Waals surface area contributed by atoms with Crippen molar-refractivity contribution in [1.29, 1.82) is 0 Å². The van der Waals surface area contributed by atoms with E-state index in [-0.39, 0.29) is 43.4 Å². The third-order valence-electron chi connectivity index (χ3n) is 7.43. The Balaban J connectivity index is 2.07. The van der Waals surface area contributed by atoms with E-state index >= 15 is 0 Å². The second-order valence-electron chi connectivity index (χ2n) is 10.1. The lowest BCUT2D eigenvalue weighted by Crippen LogP contribution is -2.13. The van der Waals surface area contributed by atoms with E-state index in [0.717, 1.165) is 48.2 Å². The molecule has 0 aliphatic carbocycles. The Bertz CT molecular complexity index is 1920. The number of carboxylic acids is 2.